The summed E-state index contributed by atoms with van der Waals surface area (Å²) in [6, 6.07) is 16.8. The molecule has 2 atom stereocenters. The molecule has 2 aromatic heterocycles. The summed E-state index contributed by atoms with van der Waals surface area (Å²) in [5.74, 6) is -11.0. The van der Waals surface area contributed by atoms with E-state index in [1.54, 1.807) is 24.4 Å². The smallest absolute Gasteiger partial charge is 0.257 e. The summed E-state index contributed by atoms with van der Waals surface area (Å²) in [6.07, 6.45) is 8.60. The molecule has 0 radical (unpaired) electrons. The normalized spacial score (nSPS) is 17.9. The number of carbonyl (C=O) groups excluding carboxylic acids is 3. The Bertz CT molecular complexity index is 4650. The maximum Gasteiger partial charge on any atom is 0.257 e. The Morgan fingerprint density at radius 1 is 0.611 bits per heavy atom. The predicted molar refractivity (Wildman–Crippen MR) is 336 cm³/mol. The van der Waals surface area contributed by atoms with E-state index in [0.717, 1.165) is 24.3 Å². The van der Waals surface area contributed by atoms with Crippen molar-refractivity contribution in [3.63, 3.8) is 0 Å². The molecule has 1 aliphatic carbocycles. The van der Waals surface area contributed by atoms with Gasteiger partial charge in [-0.25, -0.2) is 61.0 Å². The summed E-state index contributed by atoms with van der Waals surface area (Å²) in [4.78, 5) is 48.2. The summed E-state index contributed by atoms with van der Waals surface area (Å²) < 4.78 is 177. The Morgan fingerprint density at radius 2 is 1.13 bits per heavy atom. The van der Waals surface area contributed by atoms with Crippen LogP contribution in [0.5, 0.6) is 0 Å². The number of aromatic amines is 2. The average molecular weight is 1380 g/mol. The number of carbonyl (C=O) groups is 3. The number of hydrogen-bond donors (Lipinski definition) is 9. The molecule has 22 nitrogen and oxygen atoms in total. The summed E-state index contributed by atoms with van der Waals surface area (Å²) in [7, 11) is -11.8. The van der Waals surface area contributed by atoms with Crippen molar-refractivity contribution < 1.29 is 85.7 Å². The third-order valence-electron chi connectivity index (χ3n) is 17.0. The molecule has 32 heteroatoms. The number of piperidine rings is 3. The number of halogens is 7. The van der Waals surface area contributed by atoms with Gasteiger partial charge in [-0.2, -0.15) is 12.9 Å². The van der Waals surface area contributed by atoms with Gasteiger partial charge in [-0.1, -0.05) is 19.1 Å². The number of imidazole rings is 1. The van der Waals surface area contributed by atoms with Gasteiger partial charge in [-0.05, 0) is 128 Å². The van der Waals surface area contributed by atoms with Crippen LogP contribution in [-0.4, -0.2) is 150 Å². The summed E-state index contributed by atoms with van der Waals surface area (Å²) in [6.45, 7) is 2.56. The SMILES string of the molecule is CC1CN(S(=O)(=O)c2cc(C(=O)Nc3ccc(F)c(F)c3)c3nc[nH]c3c2)CCC1CO.NC1CCN(S(=O)(=O)c2cc3c(c(C(=O)Nc4cc(F)c(F)c(F)c4)c2)C=CC3)CC1.O=C(Nc1ccc(F)c(F)c1)c1cc(S(=O)(=O)N2CCC(O)(CO)CC2)cc2cc[nH]c12. The number of aromatic nitrogens is 3. The number of nitrogens with two attached hydrogens (primary N) is 1. The highest BCUT2D eigenvalue weighted by Crippen LogP contribution is 2.35. The van der Waals surface area contributed by atoms with Crippen molar-refractivity contribution in [2.45, 2.75) is 71.8 Å². The zero-order valence-electron chi connectivity index (χ0n) is 50.4. The number of nitrogens with one attached hydrogen (secondary N) is 5. The molecule has 3 saturated heterocycles. The largest absolute Gasteiger partial charge is 0.396 e. The number of sulfonamides is 3. The Kier molecular flexibility index (Phi) is 20.5. The van der Waals surface area contributed by atoms with Gasteiger partial charge in [0.2, 0.25) is 30.1 Å². The molecule has 0 spiro atoms. The molecule has 12 rings (SSSR count). The topological polar surface area (TPSA) is 331 Å². The van der Waals surface area contributed by atoms with Crippen LogP contribution in [0.1, 0.15) is 81.2 Å². The van der Waals surface area contributed by atoms with Crippen LogP contribution in [0.15, 0.2) is 124 Å². The zero-order valence-corrected chi connectivity index (χ0v) is 52.8. The molecule has 504 valence electrons. The third-order valence-corrected chi connectivity index (χ3v) is 22.6. The van der Waals surface area contributed by atoms with Crippen LogP contribution in [0.25, 0.3) is 28.0 Å². The molecule has 6 aromatic carbocycles. The van der Waals surface area contributed by atoms with E-state index >= 15 is 0 Å². The number of benzene rings is 6. The van der Waals surface area contributed by atoms with Crippen molar-refractivity contribution in [3.8, 4) is 0 Å². The molecule has 0 saturated carbocycles. The minimum Gasteiger partial charge on any atom is -0.396 e. The van der Waals surface area contributed by atoms with Gasteiger partial charge in [-0.3, -0.25) is 14.4 Å². The Hall–Kier alpha value is -8.44. The fourth-order valence-corrected chi connectivity index (χ4v) is 16.0. The van der Waals surface area contributed by atoms with E-state index in [4.69, 9.17) is 5.73 Å². The van der Waals surface area contributed by atoms with Gasteiger partial charge in [0.25, 0.3) is 17.7 Å². The first-order valence-electron chi connectivity index (χ1n) is 29.6. The van der Waals surface area contributed by atoms with Crippen LogP contribution in [-0.2, 0) is 36.5 Å². The van der Waals surface area contributed by atoms with Gasteiger partial charge < -0.3 is 47.0 Å². The van der Waals surface area contributed by atoms with Gasteiger partial charge >= 0.3 is 0 Å². The molecule has 2 unspecified atom stereocenters. The molecule has 0 bridgehead atoms. The lowest BCUT2D eigenvalue weighted by Crippen LogP contribution is -2.48. The van der Waals surface area contributed by atoms with Crippen molar-refractivity contribution in [2.24, 2.45) is 17.6 Å². The Labute approximate surface area is 539 Å². The Morgan fingerprint density at radius 3 is 1.72 bits per heavy atom. The monoisotopic (exact) mass is 1380 g/mol. The van der Waals surface area contributed by atoms with Crippen molar-refractivity contribution in [2.75, 3.05) is 68.4 Å². The van der Waals surface area contributed by atoms with Crippen LogP contribution < -0.4 is 21.7 Å². The second kappa shape index (κ2) is 28.1. The van der Waals surface area contributed by atoms with Crippen LogP contribution in [0.3, 0.4) is 0 Å². The van der Waals surface area contributed by atoms with Gasteiger partial charge in [0.15, 0.2) is 40.7 Å². The summed E-state index contributed by atoms with van der Waals surface area (Å²) in [5.41, 5.74) is 6.49. The maximum atomic E-state index is 13.5. The average Bonchev–Trinajstić information content (AvgIpc) is 1.76. The standard InChI is InChI=1S/C21H20F3N3O3S.C21H22F2N4O4S.C21H21F2N3O5S/c22-18-9-14(10-19(23)20(18)24)26-21(28)17-11-15(8-12-2-1-3-16(12)17)31(29,30)27-6-4-13(25)5-7-27;1-12-9-27(5-4-13(12)10-28)32(30,31)15-7-16(20-19(8-15)24-11-25-20)21(29)26-14-2-3-17(22)18(23)6-14;22-17-2-1-14(10-18(17)23)25-20(28)16-11-15(9-13-3-6-24-19(13)16)32(30,31)26-7-4-21(29,12-27)5-8-26/h1,3,8-11,13H,2,4-7,25H2,(H,26,28);2-3,6-8,11-13,28H,4-5,9-10H2,1H3,(H,24,25)(H,26,29);1-3,6,9-11,24,27,29H,4-5,7-8,12H2,(H,25,28). The van der Waals surface area contributed by atoms with Gasteiger partial charge in [0.05, 0.1) is 55.4 Å². The first-order valence-corrected chi connectivity index (χ1v) is 33.9. The van der Waals surface area contributed by atoms with E-state index in [1.807, 2.05) is 6.92 Å². The minimum atomic E-state index is -3.99. The lowest BCUT2D eigenvalue weighted by molar-refractivity contribution is -0.0480. The number of hydrogen-bond acceptors (Lipinski definition) is 14. The fraction of sp³-hybridized carbons (Fsp3) is 0.302. The second-order valence-corrected chi connectivity index (χ2v) is 29.1. The van der Waals surface area contributed by atoms with Gasteiger partial charge in [0.1, 0.15) is 5.52 Å². The minimum absolute atomic E-state index is 0.00343. The van der Waals surface area contributed by atoms with Crippen molar-refractivity contribution >= 4 is 92.9 Å². The zero-order chi connectivity index (χ0) is 68.5. The highest BCUT2D eigenvalue weighted by atomic mass is 32.2. The number of rotatable bonds is 14. The molecular weight excluding hydrogens is 1320 g/mol. The molecule has 4 aliphatic rings. The van der Waals surface area contributed by atoms with Crippen molar-refractivity contribution in [1.82, 2.24) is 27.9 Å². The van der Waals surface area contributed by atoms with Gasteiger partial charge in [-0.15, -0.1) is 0 Å². The number of aliphatic hydroxyl groups is 3. The van der Waals surface area contributed by atoms with Crippen LogP contribution in [0, 0.1) is 52.6 Å². The van der Waals surface area contributed by atoms with E-state index in [2.05, 4.69) is 30.9 Å². The predicted octanol–water partition coefficient (Wildman–Crippen LogP) is 7.98. The summed E-state index contributed by atoms with van der Waals surface area (Å²) in [5, 5.41) is 36.6. The first kappa shape index (κ1) is 69.4. The number of H-pyrrole nitrogens is 2. The van der Waals surface area contributed by atoms with E-state index in [0.29, 0.717) is 65.4 Å². The second-order valence-electron chi connectivity index (χ2n) is 23.3. The first-order chi connectivity index (χ1) is 45.0. The van der Waals surface area contributed by atoms with Gasteiger partial charge in [0, 0.05) is 110 Å². The van der Waals surface area contributed by atoms with E-state index in [-0.39, 0.29) is 131 Å². The molecule has 3 fully saturated rings. The van der Waals surface area contributed by atoms with Crippen LogP contribution in [0.2, 0.25) is 0 Å². The van der Waals surface area contributed by atoms with Crippen molar-refractivity contribution in [3.05, 3.63) is 178 Å². The van der Waals surface area contributed by atoms with Crippen LogP contribution >= 0.6 is 0 Å². The number of nitrogens with zero attached hydrogens (tertiary/aromatic N) is 4. The highest BCUT2D eigenvalue weighted by molar-refractivity contribution is 7.89. The molecule has 3 amide bonds. The fourth-order valence-electron chi connectivity index (χ4n) is 11.4. The van der Waals surface area contributed by atoms with Crippen molar-refractivity contribution in [1.29, 1.82) is 0 Å². The number of fused-ring (bicyclic) bond motifs is 3. The van der Waals surface area contributed by atoms with Crippen LogP contribution in [0.4, 0.5) is 47.8 Å². The number of aliphatic hydroxyl groups excluding tert-OH is 2. The number of allylic oxidation sites excluding steroid dienone is 1. The highest BCUT2D eigenvalue weighted by Gasteiger charge is 2.39. The Balaban J connectivity index is 0.000000155. The quantitative estimate of drug-likeness (QED) is 0.0368. The van der Waals surface area contributed by atoms with E-state index in [9.17, 15) is 85.7 Å². The molecule has 3 aliphatic heterocycles. The summed E-state index contributed by atoms with van der Waals surface area (Å²) >= 11 is 0. The number of amides is 3. The lowest BCUT2D eigenvalue weighted by atomic mass is 9.89. The number of anilines is 3. The molecule has 95 heavy (non-hydrogen) atoms. The van der Waals surface area contributed by atoms with E-state index in [1.165, 1.54) is 67.8 Å². The maximum absolute atomic E-state index is 13.5. The molecule has 10 N–H and O–H groups in total. The third kappa shape index (κ3) is 15.0. The lowest BCUT2D eigenvalue weighted by Gasteiger charge is -2.36. The molecular formula is C63H63F7N10O12S3. The van der Waals surface area contributed by atoms with E-state index < -0.39 is 101 Å². The molecule has 5 heterocycles. The molecule has 8 aromatic rings.